The monoisotopic (exact) mass is 293 g/mol. The molecule has 88 valence electrons. The molecule has 2 aromatic carbocycles. The molecule has 0 unspecified atom stereocenters. The van der Waals surface area contributed by atoms with E-state index >= 15 is 0 Å². The predicted molar refractivity (Wildman–Crippen MR) is 72.7 cm³/mol. The second kappa shape index (κ2) is 5.82. The van der Waals surface area contributed by atoms with Gasteiger partial charge in [-0.25, -0.2) is 4.39 Å². The van der Waals surface area contributed by atoms with Crippen molar-refractivity contribution in [3.63, 3.8) is 0 Å². The van der Waals surface area contributed by atoms with E-state index in [0.717, 1.165) is 23.1 Å². The van der Waals surface area contributed by atoms with Gasteiger partial charge in [0.1, 0.15) is 5.82 Å². The van der Waals surface area contributed by atoms with E-state index < -0.39 is 0 Å². The van der Waals surface area contributed by atoms with Gasteiger partial charge in [-0.2, -0.15) is 0 Å². The first-order valence-corrected chi connectivity index (χ1v) is 6.27. The van der Waals surface area contributed by atoms with Gasteiger partial charge in [-0.3, -0.25) is 0 Å². The minimum absolute atomic E-state index is 0.211. The Balaban J connectivity index is 1.87. The molecule has 0 bridgehead atoms. The van der Waals surface area contributed by atoms with Gasteiger partial charge in [0.25, 0.3) is 0 Å². The van der Waals surface area contributed by atoms with E-state index in [0.29, 0.717) is 0 Å². The zero-order valence-electron chi connectivity index (χ0n) is 9.29. The summed E-state index contributed by atoms with van der Waals surface area (Å²) in [5.74, 6) is -0.211. The number of nitrogens with one attached hydrogen (secondary N) is 1. The van der Waals surface area contributed by atoms with Crippen LogP contribution in [-0.4, -0.2) is 6.54 Å². The molecule has 0 spiro atoms. The fourth-order valence-electron chi connectivity index (χ4n) is 1.64. The third-order valence-electron chi connectivity index (χ3n) is 2.46. The van der Waals surface area contributed by atoms with Crippen molar-refractivity contribution in [3.8, 4) is 0 Å². The molecular weight excluding hydrogens is 281 g/mol. The molecule has 1 N–H and O–H groups in total. The van der Waals surface area contributed by atoms with Crippen LogP contribution in [0.3, 0.4) is 0 Å². The molecular formula is C14H13BrFN. The molecule has 0 heterocycles. The average Bonchev–Trinajstić information content (AvgIpc) is 2.29. The van der Waals surface area contributed by atoms with Crippen molar-refractivity contribution in [3.05, 3.63) is 64.4 Å². The van der Waals surface area contributed by atoms with Crippen LogP contribution in [0.5, 0.6) is 0 Å². The van der Waals surface area contributed by atoms with Crippen LogP contribution in [0.2, 0.25) is 0 Å². The van der Waals surface area contributed by atoms with E-state index in [-0.39, 0.29) is 5.82 Å². The lowest BCUT2D eigenvalue weighted by Gasteiger charge is -2.06. The molecule has 0 saturated carbocycles. The molecule has 0 aliphatic rings. The number of halogens is 2. The Kier molecular flexibility index (Phi) is 4.15. The number of benzene rings is 2. The maximum absolute atomic E-state index is 12.9. The molecule has 3 heteroatoms. The minimum atomic E-state index is -0.211. The van der Waals surface area contributed by atoms with E-state index in [9.17, 15) is 4.39 Å². The predicted octanol–water partition coefficient (Wildman–Crippen LogP) is 4.24. The molecule has 1 nitrogen and oxygen atoms in total. The quantitative estimate of drug-likeness (QED) is 0.889. The number of hydrogen-bond acceptors (Lipinski definition) is 1. The second-order valence-corrected chi connectivity index (χ2v) is 4.73. The third kappa shape index (κ3) is 3.86. The molecule has 0 atom stereocenters. The first-order valence-electron chi connectivity index (χ1n) is 5.48. The molecule has 0 radical (unpaired) electrons. The average molecular weight is 294 g/mol. The summed E-state index contributed by atoms with van der Waals surface area (Å²) in [6.07, 6.45) is 0.913. The normalized spacial score (nSPS) is 10.2. The molecule has 0 amide bonds. The maximum atomic E-state index is 12.9. The maximum Gasteiger partial charge on any atom is 0.125 e. The summed E-state index contributed by atoms with van der Waals surface area (Å²) in [6.45, 7) is 0.792. The van der Waals surface area contributed by atoms with Crippen molar-refractivity contribution in [1.82, 2.24) is 0 Å². The highest BCUT2D eigenvalue weighted by molar-refractivity contribution is 9.10. The van der Waals surface area contributed by atoms with Gasteiger partial charge in [0.05, 0.1) is 0 Å². The molecule has 2 aromatic rings. The molecule has 17 heavy (non-hydrogen) atoms. The summed E-state index contributed by atoms with van der Waals surface area (Å²) in [5, 5.41) is 3.20. The number of hydrogen-bond donors (Lipinski definition) is 1. The van der Waals surface area contributed by atoms with E-state index in [1.165, 1.54) is 17.7 Å². The van der Waals surface area contributed by atoms with Gasteiger partial charge in [0, 0.05) is 16.7 Å². The smallest absolute Gasteiger partial charge is 0.125 e. The van der Waals surface area contributed by atoms with Crippen LogP contribution in [0.1, 0.15) is 5.56 Å². The van der Waals surface area contributed by atoms with Gasteiger partial charge < -0.3 is 5.32 Å². The minimum Gasteiger partial charge on any atom is -0.385 e. The van der Waals surface area contributed by atoms with Crippen LogP contribution in [0.4, 0.5) is 10.1 Å². The van der Waals surface area contributed by atoms with Crippen LogP contribution in [0, 0.1) is 5.82 Å². The van der Waals surface area contributed by atoms with E-state index in [1.807, 2.05) is 18.2 Å². The topological polar surface area (TPSA) is 12.0 Å². The van der Waals surface area contributed by atoms with Crippen LogP contribution in [0.15, 0.2) is 53.0 Å². The van der Waals surface area contributed by atoms with E-state index in [4.69, 9.17) is 0 Å². The Labute approximate surface area is 109 Å². The summed E-state index contributed by atoms with van der Waals surface area (Å²) >= 11 is 3.44. The van der Waals surface area contributed by atoms with Crippen molar-refractivity contribution in [2.24, 2.45) is 0 Å². The summed E-state index contributed by atoms with van der Waals surface area (Å²) < 4.78 is 14.0. The van der Waals surface area contributed by atoms with E-state index in [1.54, 1.807) is 6.07 Å². The van der Waals surface area contributed by atoms with Crippen LogP contribution in [0.25, 0.3) is 0 Å². The lowest BCUT2D eigenvalue weighted by Crippen LogP contribution is -2.04. The standard InChI is InChI=1S/C14H13BrFN/c15-12-4-1-3-11(9-12)7-8-17-14-6-2-5-13(16)10-14/h1-6,9-10,17H,7-8H2. The number of anilines is 1. The summed E-state index contributed by atoms with van der Waals surface area (Å²) in [6, 6.07) is 14.7. The lowest BCUT2D eigenvalue weighted by molar-refractivity contribution is 0.628. The fraction of sp³-hybridized carbons (Fsp3) is 0.143. The SMILES string of the molecule is Fc1cccc(NCCc2cccc(Br)c2)c1. The molecule has 0 aromatic heterocycles. The zero-order valence-corrected chi connectivity index (χ0v) is 10.9. The highest BCUT2D eigenvalue weighted by atomic mass is 79.9. The summed E-state index contributed by atoms with van der Waals surface area (Å²) in [4.78, 5) is 0. The highest BCUT2D eigenvalue weighted by Crippen LogP contribution is 2.13. The van der Waals surface area contributed by atoms with Crippen molar-refractivity contribution in [2.45, 2.75) is 6.42 Å². The molecule has 0 fully saturated rings. The Morgan fingerprint density at radius 1 is 1.06 bits per heavy atom. The molecule has 2 rings (SSSR count). The van der Waals surface area contributed by atoms with Gasteiger partial charge in [-0.05, 0) is 42.3 Å². The van der Waals surface area contributed by atoms with Crippen LogP contribution >= 0.6 is 15.9 Å². The summed E-state index contributed by atoms with van der Waals surface area (Å²) in [5.41, 5.74) is 2.07. The number of rotatable bonds is 4. The highest BCUT2D eigenvalue weighted by Gasteiger charge is 1.96. The van der Waals surface area contributed by atoms with Crippen LogP contribution in [-0.2, 0) is 6.42 Å². The zero-order chi connectivity index (χ0) is 12.1. The van der Waals surface area contributed by atoms with Gasteiger partial charge in [0.2, 0.25) is 0 Å². The van der Waals surface area contributed by atoms with Crippen molar-refractivity contribution in [1.29, 1.82) is 0 Å². The largest absolute Gasteiger partial charge is 0.385 e. The molecule has 0 aliphatic carbocycles. The van der Waals surface area contributed by atoms with Crippen molar-refractivity contribution >= 4 is 21.6 Å². The molecule has 0 aliphatic heterocycles. The van der Waals surface area contributed by atoms with Crippen LogP contribution < -0.4 is 5.32 Å². The Bertz CT molecular complexity index is 454. The van der Waals surface area contributed by atoms with Crippen molar-refractivity contribution in [2.75, 3.05) is 11.9 Å². The first kappa shape index (κ1) is 12.1. The third-order valence-corrected chi connectivity index (χ3v) is 2.95. The second-order valence-electron chi connectivity index (χ2n) is 3.82. The lowest BCUT2D eigenvalue weighted by atomic mass is 10.1. The summed E-state index contributed by atoms with van der Waals surface area (Å²) in [7, 11) is 0. The Hall–Kier alpha value is -1.35. The Morgan fingerprint density at radius 3 is 2.65 bits per heavy atom. The first-order chi connectivity index (χ1) is 8.24. The Morgan fingerprint density at radius 2 is 1.88 bits per heavy atom. The molecule has 0 saturated heterocycles. The van der Waals surface area contributed by atoms with Gasteiger partial charge in [-0.15, -0.1) is 0 Å². The van der Waals surface area contributed by atoms with Gasteiger partial charge >= 0.3 is 0 Å². The van der Waals surface area contributed by atoms with E-state index in [2.05, 4.69) is 33.4 Å². The van der Waals surface area contributed by atoms with Gasteiger partial charge in [-0.1, -0.05) is 34.1 Å². The van der Waals surface area contributed by atoms with Gasteiger partial charge in [0.15, 0.2) is 0 Å². The van der Waals surface area contributed by atoms with Crippen molar-refractivity contribution < 1.29 is 4.39 Å². The fourth-order valence-corrected chi connectivity index (χ4v) is 2.09.